The maximum atomic E-state index is 12.1. The lowest BCUT2D eigenvalue weighted by Crippen LogP contribution is -2.49. The Morgan fingerprint density at radius 1 is 1.11 bits per heavy atom. The van der Waals surface area contributed by atoms with Crippen molar-refractivity contribution in [2.75, 3.05) is 45.3 Å². The van der Waals surface area contributed by atoms with Crippen LogP contribution in [0, 0.1) is 6.92 Å². The first-order valence-corrected chi connectivity index (χ1v) is 8.91. The molecular formula is C20H25N3O4. The molecule has 1 aliphatic heterocycles. The summed E-state index contributed by atoms with van der Waals surface area (Å²) in [5.41, 5.74) is 1.57. The van der Waals surface area contributed by atoms with Gasteiger partial charge in [0.15, 0.2) is 0 Å². The highest BCUT2D eigenvalue weighted by atomic mass is 16.5. The summed E-state index contributed by atoms with van der Waals surface area (Å²) in [4.78, 5) is 20.8. The van der Waals surface area contributed by atoms with E-state index in [1.165, 1.54) is 0 Å². The number of piperazine rings is 1. The molecule has 2 heterocycles. The average Bonchev–Trinajstić information content (AvgIpc) is 2.68. The number of methoxy groups -OCH3 is 2. The second-order valence-electron chi connectivity index (χ2n) is 6.51. The summed E-state index contributed by atoms with van der Waals surface area (Å²) in [6, 6.07) is 10.4. The number of benzene rings is 1. The smallest absolute Gasteiger partial charge is 0.325 e. The van der Waals surface area contributed by atoms with Crippen LogP contribution in [0.25, 0.3) is 0 Å². The van der Waals surface area contributed by atoms with Crippen LogP contribution >= 0.6 is 0 Å². The molecule has 1 aromatic heterocycles. The van der Waals surface area contributed by atoms with Gasteiger partial charge in [-0.25, -0.2) is 4.98 Å². The lowest BCUT2D eigenvalue weighted by molar-refractivity contribution is -0.143. The highest BCUT2D eigenvalue weighted by Gasteiger charge is 2.33. The molecule has 0 radical (unpaired) electrons. The molecular weight excluding hydrogens is 346 g/mol. The first-order chi connectivity index (χ1) is 13.0. The summed E-state index contributed by atoms with van der Waals surface area (Å²) in [6.07, 6.45) is 0. The molecule has 0 spiro atoms. The number of rotatable bonds is 6. The minimum absolute atomic E-state index is 0.547. The third-order valence-electron chi connectivity index (χ3n) is 4.84. The van der Waals surface area contributed by atoms with E-state index in [4.69, 9.17) is 9.47 Å². The van der Waals surface area contributed by atoms with Gasteiger partial charge in [-0.05, 0) is 37.3 Å². The van der Waals surface area contributed by atoms with E-state index in [9.17, 15) is 9.90 Å². The zero-order chi connectivity index (χ0) is 19.4. The number of pyridine rings is 1. The predicted molar refractivity (Wildman–Crippen MR) is 103 cm³/mol. The number of aryl methyl sites for hydroxylation is 1. The lowest BCUT2D eigenvalue weighted by Gasteiger charge is -2.38. The van der Waals surface area contributed by atoms with E-state index in [1.807, 2.05) is 30.0 Å². The van der Waals surface area contributed by atoms with Gasteiger partial charge in [0.1, 0.15) is 23.4 Å². The Morgan fingerprint density at radius 3 is 2.44 bits per heavy atom. The molecule has 27 heavy (non-hydrogen) atoms. The summed E-state index contributed by atoms with van der Waals surface area (Å²) >= 11 is 0. The van der Waals surface area contributed by atoms with Gasteiger partial charge in [-0.3, -0.25) is 9.69 Å². The van der Waals surface area contributed by atoms with Gasteiger partial charge in [-0.2, -0.15) is 0 Å². The highest BCUT2D eigenvalue weighted by Crippen LogP contribution is 2.33. The average molecular weight is 371 g/mol. The Labute approximate surface area is 159 Å². The first kappa shape index (κ1) is 19.0. The van der Waals surface area contributed by atoms with Crippen molar-refractivity contribution in [3.05, 3.63) is 47.7 Å². The highest BCUT2D eigenvalue weighted by molar-refractivity contribution is 5.77. The molecule has 1 aromatic carbocycles. The molecule has 1 N–H and O–H groups in total. The summed E-state index contributed by atoms with van der Waals surface area (Å²) in [5.74, 6) is 1.19. The molecule has 1 aliphatic rings. The van der Waals surface area contributed by atoms with E-state index in [2.05, 4.69) is 9.88 Å². The third-order valence-corrected chi connectivity index (χ3v) is 4.84. The fourth-order valence-electron chi connectivity index (χ4n) is 3.45. The molecule has 0 bridgehead atoms. The van der Waals surface area contributed by atoms with Gasteiger partial charge in [-0.15, -0.1) is 0 Å². The summed E-state index contributed by atoms with van der Waals surface area (Å²) < 4.78 is 10.7. The van der Waals surface area contributed by atoms with Crippen molar-refractivity contribution in [2.24, 2.45) is 0 Å². The largest absolute Gasteiger partial charge is 0.497 e. The van der Waals surface area contributed by atoms with Crippen molar-refractivity contribution in [2.45, 2.75) is 13.0 Å². The molecule has 2 aromatic rings. The number of hydrogen-bond donors (Lipinski definition) is 1. The molecule has 0 unspecified atom stereocenters. The lowest BCUT2D eigenvalue weighted by atomic mass is 10.0. The molecule has 1 atom stereocenters. The van der Waals surface area contributed by atoms with Crippen LogP contribution in [0.15, 0.2) is 36.4 Å². The van der Waals surface area contributed by atoms with Gasteiger partial charge in [0, 0.05) is 37.4 Å². The van der Waals surface area contributed by atoms with Gasteiger partial charge in [0.2, 0.25) is 0 Å². The van der Waals surface area contributed by atoms with Crippen LogP contribution in [0.2, 0.25) is 0 Å². The summed E-state index contributed by atoms with van der Waals surface area (Å²) in [7, 11) is 3.11. The van der Waals surface area contributed by atoms with E-state index in [0.29, 0.717) is 43.2 Å². The Morgan fingerprint density at radius 2 is 1.85 bits per heavy atom. The quantitative estimate of drug-likeness (QED) is 0.835. The van der Waals surface area contributed by atoms with Crippen molar-refractivity contribution < 1.29 is 19.4 Å². The monoisotopic (exact) mass is 371 g/mol. The van der Waals surface area contributed by atoms with E-state index in [0.717, 1.165) is 11.5 Å². The zero-order valence-electron chi connectivity index (χ0n) is 15.9. The maximum absolute atomic E-state index is 12.1. The van der Waals surface area contributed by atoms with E-state index in [1.54, 1.807) is 32.4 Å². The molecule has 1 saturated heterocycles. The number of aliphatic carboxylic acids is 1. The fraction of sp³-hybridized carbons (Fsp3) is 0.400. The number of carboxylic acid groups (broad SMARTS) is 1. The van der Waals surface area contributed by atoms with Crippen molar-refractivity contribution in [3.8, 4) is 11.5 Å². The van der Waals surface area contributed by atoms with Crippen LogP contribution < -0.4 is 14.4 Å². The number of nitrogens with zero attached hydrogens (tertiary/aromatic N) is 3. The molecule has 1 fully saturated rings. The van der Waals surface area contributed by atoms with Crippen molar-refractivity contribution >= 4 is 11.8 Å². The number of anilines is 1. The maximum Gasteiger partial charge on any atom is 0.325 e. The van der Waals surface area contributed by atoms with Crippen LogP contribution in [0.4, 0.5) is 5.82 Å². The Balaban J connectivity index is 1.81. The Bertz CT molecular complexity index is 804. The van der Waals surface area contributed by atoms with Crippen LogP contribution in [-0.4, -0.2) is 61.4 Å². The normalized spacial score (nSPS) is 16.0. The second-order valence-corrected chi connectivity index (χ2v) is 6.51. The Kier molecular flexibility index (Phi) is 5.81. The van der Waals surface area contributed by atoms with Crippen LogP contribution in [0.5, 0.6) is 11.5 Å². The van der Waals surface area contributed by atoms with Gasteiger partial charge >= 0.3 is 5.97 Å². The number of hydrogen-bond acceptors (Lipinski definition) is 6. The minimum Gasteiger partial charge on any atom is -0.497 e. The summed E-state index contributed by atoms with van der Waals surface area (Å²) in [5, 5.41) is 9.92. The molecule has 3 rings (SSSR count). The van der Waals surface area contributed by atoms with E-state index < -0.39 is 12.0 Å². The van der Waals surface area contributed by atoms with Gasteiger partial charge in [0.05, 0.1) is 14.2 Å². The van der Waals surface area contributed by atoms with Gasteiger partial charge in [-0.1, -0.05) is 6.07 Å². The minimum atomic E-state index is -0.899. The van der Waals surface area contributed by atoms with Crippen molar-refractivity contribution in [3.63, 3.8) is 0 Å². The second kappa shape index (κ2) is 8.26. The standard InChI is InChI=1S/C20H25N3O4/c1-14-5-4-6-18(21-14)22-9-11-23(12-10-22)19(20(24)25)16-13-15(26-2)7-8-17(16)27-3/h4-8,13,19H,9-12H2,1-3H3,(H,24,25)/t19-/m1/s1. The van der Waals surface area contributed by atoms with Crippen LogP contribution in [0.3, 0.4) is 0 Å². The molecule has 0 amide bonds. The number of carbonyl (C=O) groups is 1. The van der Waals surface area contributed by atoms with Crippen molar-refractivity contribution in [1.29, 1.82) is 0 Å². The van der Waals surface area contributed by atoms with Crippen LogP contribution in [0.1, 0.15) is 17.3 Å². The van der Waals surface area contributed by atoms with Crippen LogP contribution in [-0.2, 0) is 4.79 Å². The zero-order valence-corrected chi connectivity index (χ0v) is 15.9. The molecule has 0 saturated carbocycles. The van der Waals surface area contributed by atoms with E-state index in [-0.39, 0.29) is 0 Å². The number of carboxylic acids is 1. The van der Waals surface area contributed by atoms with Crippen molar-refractivity contribution in [1.82, 2.24) is 9.88 Å². The third kappa shape index (κ3) is 4.14. The fourth-order valence-corrected chi connectivity index (χ4v) is 3.45. The van der Waals surface area contributed by atoms with Gasteiger partial charge < -0.3 is 19.5 Å². The number of ether oxygens (including phenoxy) is 2. The molecule has 144 valence electrons. The topological polar surface area (TPSA) is 75.1 Å². The Hall–Kier alpha value is -2.80. The SMILES string of the molecule is COc1ccc(OC)c([C@H](C(=O)O)N2CCN(c3cccc(C)n3)CC2)c1. The van der Waals surface area contributed by atoms with Gasteiger partial charge in [0.25, 0.3) is 0 Å². The molecule has 7 nitrogen and oxygen atoms in total. The molecule has 7 heteroatoms. The predicted octanol–water partition coefficient (Wildman–Crippen LogP) is 2.36. The van der Waals surface area contributed by atoms with E-state index >= 15 is 0 Å². The number of aromatic nitrogens is 1. The summed E-state index contributed by atoms with van der Waals surface area (Å²) in [6.45, 7) is 4.63. The first-order valence-electron chi connectivity index (χ1n) is 8.91. The molecule has 0 aliphatic carbocycles.